The van der Waals surface area contributed by atoms with Crippen LogP contribution in [0.1, 0.15) is 13.8 Å². The molecule has 27 heavy (non-hydrogen) atoms. The van der Waals surface area contributed by atoms with E-state index in [9.17, 15) is 8.42 Å². The Morgan fingerprint density at radius 3 is 1.56 bits per heavy atom. The van der Waals surface area contributed by atoms with E-state index in [1.807, 2.05) is 60.7 Å². The minimum absolute atomic E-state index is 0.286. The summed E-state index contributed by atoms with van der Waals surface area (Å²) in [4.78, 5) is 19.3. The number of hydrogen-bond donors (Lipinski definition) is 0. The fourth-order valence-corrected chi connectivity index (χ4v) is 5.32. The summed E-state index contributed by atoms with van der Waals surface area (Å²) in [7, 11) is -2.32. The SMILES string of the molecule is CC(=O)[O-].CC(=O)[O-].O=S(C[CH]([Pd+2])S(=O)c1ccccc1)c1ccccc1. The van der Waals surface area contributed by atoms with E-state index >= 15 is 0 Å². The number of rotatable bonds is 5. The van der Waals surface area contributed by atoms with E-state index in [0.717, 1.165) is 23.6 Å². The van der Waals surface area contributed by atoms with Gasteiger partial charge in [-0.25, -0.2) is 0 Å². The van der Waals surface area contributed by atoms with E-state index in [0.29, 0.717) is 5.75 Å². The average molecular weight is 502 g/mol. The molecule has 6 nitrogen and oxygen atoms in total. The van der Waals surface area contributed by atoms with E-state index < -0.39 is 33.5 Å². The number of carboxylic acid groups (broad SMARTS) is 2. The number of aliphatic carboxylic acids is 2. The van der Waals surface area contributed by atoms with Crippen LogP contribution in [0.4, 0.5) is 0 Å². The van der Waals surface area contributed by atoms with Crippen LogP contribution in [0.15, 0.2) is 70.5 Å². The maximum atomic E-state index is 12.3. The molecule has 2 aromatic carbocycles. The fourth-order valence-electron chi connectivity index (χ4n) is 1.53. The summed E-state index contributed by atoms with van der Waals surface area (Å²) in [5.41, 5.74) is 0. The molecule has 0 aliphatic carbocycles. The normalized spacial score (nSPS) is 12.9. The monoisotopic (exact) mass is 501 g/mol. The van der Waals surface area contributed by atoms with Crippen LogP contribution in [-0.2, 0) is 50.4 Å². The molecular formula is C18H19O6PdS2. The zero-order valence-electron chi connectivity index (χ0n) is 14.6. The van der Waals surface area contributed by atoms with Crippen LogP contribution in [0.25, 0.3) is 0 Å². The summed E-state index contributed by atoms with van der Waals surface area (Å²) in [5.74, 6) is -1.83. The number of hydrogen-bond acceptors (Lipinski definition) is 6. The predicted molar refractivity (Wildman–Crippen MR) is 95.7 cm³/mol. The van der Waals surface area contributed by atoms with Crippen molar-refractivity contribution in [3.63, 3.8) is 0 Å². The quantitative estimate of drug-likeness (QED) is 0.532. The van der Waals surface area contributed by atoms with Gasteiger partial charge in [-0.1, -0.05) is 0 Å². The Morgan fingerprint density at radius 1 is 0.852 bits per heavy atom. The summed E-state index contributed by atoms with van der Waals surface area (Å²) in [5, 5.41) is 17.8. The van der Waals surface area contributed by atoms with Crippen LogP contribution in [0, 0.1) is 0 Å². The minimum atomic E-state index is -1.18. The Bertz CT molecular complexity index is 733. The number of carbonyl (C=O) groups excluding carboxylic acids is 2. The third-order valence-corrected chi connectivity index (χ3v) is 7.17. The van der Waals surface area contributed by atoms with Gasteiger partial charge < -0.3 is 19.8 Å². The van der Waals surface area contributed by atoms with Crippen LogP contribution < -0.4 is 10.2 Å². The summed E-state index contributed by atoms with van der Waals surface area (Å²) in [6.45, 7) is 1.94. The Balaban J connectivity index is 0.000000718. The zero-order valence-corrected chi connectivity index (χ0v) is 17.8. The maximum absolute atomic E-state index is 12.3. The topological polar surface area (TPSA) is 114 Å². The molecule has 0 aromatic heterocycles. The van der Waals surface area contributed by atoms with Gasteiger partial charge in [-0.05, 0) is 13.8 Å². The average Bonchev–Trinajstić information content (AvgIpc) is 2.61. The van der Waals surface area contributed by atoms with Gasteiger partial charge in [-0.3, -0.25) is 0 Å². The van der Waals surface area contributed by atoms with Gasteiger partial charge in [0, 0.05) is 11.9 Å². The molecule has 9 heteroatoms. The molecule has 0 amide bonds. The summed E-state index contributed by atoms with van der Waals surface area (Å²) in [6.07, 6.45) is 0. The van der Waals surface area contributed by atoms with Crippen LogP contribution in [-0.4, -0.2) is 29.8 Å². The number of carboxylic acids is 2. The van der Waals surface area contributed by atoms with Gasteiger partial charge in [-0.15, -0.1) is 0 Å². The molecule has 0 saturated heterocycles. The summed E-state index contributed by atoms with van der Waals surface area (Å²) >= 11 is 3.08. The van der Waals surface area contributed by atoms with Crippen molar-refractivity contribution in [1.29, 1.82) is 0 Å². The first-order valence-electron chi connectivity index (χ1n) is 7.49. The first-order chi connectivity index (χ1) is 12.6. The van der Waals surface area contributed by atoms with Gasteiger partial charge in [-0.2, -0.15) is 0 Å². The van der Waals surface area contributed by atoms with E-state index in [1.54, 1.807) is 0 Å². The van der Waals surface area contributed by atoms with E-state index in [4.69, 9.17) is 19.8 Å². The van der Waals surface area contributed by atoms with Gasteiger partial charge in [0.2, 0.25) is 0 Å². The molecule has 0 radical (unpaired) electrons. The van der Waals surface area contributed by atoms with Crippen molar-refractivity contribution in [2.75, 3.05) is 5.75 Å². The van der Waals surface area contributed by atoms with Crippen molar-refractivity contribution in [3.05, 3.63) is 60.7 Å². The molecule has 2 aromatic rings. The third-order valence-electron chi connectivity index (χ3n) is 2.47. The molecule has 3 unspecified atom stereocenters. The standard InChI is InChI=1S/C14H13O2S2.2C2H4O2.Pd/c15-17(13-7-3-1-4-8-13)11-12-18(16)14-9-5-2-6-10-14;2*1-2(3)4;/h1-11H,12H2;2*1H3,(H,3,4);/q;;;+2/p-2. The zero-order chi connectivity index (χ0) is 20.8. The predicted octanol–water partition coefficient (Wildman–Crippen LogP) is -0.0127. The molecule has 2 rings (SSSR count). The Morgan fingerprint density at radius 2 is 1.19 bits per heavy atom. The van der Waals surface area contributed by atoms with Crippen LogP contribution >= 0.6 is 0 Å². The molecule has 0 aliphatic heterocycles. The Labute approximate surface area is 174 Å². The molecule has 0 saturated carbocycles. The Hall–Kier alpha value is -1.66. The van der Waals surface area contributed by atoms with Crippen molar-refractivity contribution in [1.82, 2.24) is 0 Å². The molecule has 0 aliphatic rings. The Kier molecular flexibility index (Phi) is 13.5. The van der Waals surface area contributed by atoms with Crippen molar-refractivity contribution in [2.45, 2.75) is 27.4 Å². The molecular weight excluding hydrogens is 483 g/mol. The van der Waals surface area contributed by atoms with Gasteiger partial charge in [0.1, 0.15) is 0 Å². The molecule has 0 heterocycles. The second-order valence-corrected chi connectivity index (χ2v) is 9.57. The fraction of sp³-hybridized carbons (Fsp3) is 0.222. The van der Waals surface area contributed by atoms with Crippen molar-refractivity contribution < 1.29 is 47.4 Å². The van der Waals surface area contributed by atoms with Gasteiger partial charge in [0.15, 0.2) is 0 Å². The van der Waals surface area contributed by atoms with Crippen LogP contribution in [0.3, 0.4) is 0 Å². The first-order valence-corrected chi connectivity index (χ1v) is 10.9. The van der Waals surface area contributed by atoms with Gasteiger partial charge in [0.05, 0.1) is 0 Å². The van der Waals surface area contributed by atoms with Crippen LogP contribution in [0.5, 0.6) is 0 Å². The summed E-state index contributed by atoms with van der Waals surface area (Å²) in [6, 6.07) is 18.5. The van der Waals surface area contributed by atoms with Gasteiger partial charge in [0.25, 0.3) is 0 Å². The molecule has 0 spiro atoms. The third kappa shape index (κ3) is 13.2. The number of carbonyl (C=O) groups is 2. The van der Waals surface area contributed by atoms with E-state index in [2.05, 4.69) is 19.2 Å². The van der Waals surface area contributed by atoms with Crippen molar-refractivity contribution in [2.24, 2.45) is 0 Å². The first kappa shape index (κ1) is 25.3. The van der Waals surface area contributed by atoms with Crippen molar-refractivity contribution in [3.8, 4) is 0 Å². The molecule has 149 valence electrons. The van der Waals surface area contributed by atoms with Crippen molar-refractivity contribution >= 4 is 33.5 Å². The molecule has 0 N–H and O–H groups in total. The van der Waals surface area contributed by atoms with Gasteiger partial charge >= 0.3 is 129 Å². The molecule has 0 bridgehead atoms. The number of benzene rings is 2. The van der Waals surface area contributed by atoms with E-state index in [1.165, 1.54) is 0 Å². The molecule has 0 fully saturated rings. The van der Waals surface area contributed by atoms with E-state index in [-0.39, 0.29) is 3.72 Å². The second-order valence-electron chi connectivity index (χ2n) is 4.79. The second kappa shape index (κ2) is 14.4. The van der Waals surface area contributed by atoms with Crippen LogP contribution in [0.2, 0.25) is 0 Å². The molecule has 3 atom stereocenters. The summed E-state index contributed by atoms with van der Waals surface area (Å²) < 4.78 is 24.1.